The van der Waals surface area contributed by atoms with E-state index >= 15 is 0 Å². The van der Waals surface area contributed by atoms with Gasteiger partial charge in [-0.2, -0.15) is 0 Å². The number of hydrogen-bond donors (Lipinski definition) is 0. The molecule has 1 fully saturated rings. The second-order valence-corrected chi connectivity index (χ2v) is 5.61. The zero-order valence-electron chi connectivity index (χ0n) is 9.16. The normalized spacial score (nSPS) is 17.4. The van der Waals surface area contributed by atoms with Crippen LogP contribution in [0.5, 0.6) is 0 Å². The number of rotatable bonds is 6. The first kappa shape index (κ1) is 12.7. The van der Waals surface area contributed by atoms with E-state index in [2.05, 4.69) is 34.7 Å². The molecule has 3 heteroatoms. The van der Waals surface area contributed by atoms with Gasteiger partial charge in [-0.25, -0.2) is 0 Å². The van der Waals surface area contributed by atoms with Crippen LogP contribution in [0.3, 0.4) is 0 Å². The monoisotopic (exact) mass is 350 g/mol. The molecule has 1 aromatic rings. The van der Waals surface area contributed by atoms with E-state index in [9.17, 15) is 0 Å². The van der Waals surface area contributed by atoms with Crippen LogP contribution >= 0.6 is 34.2 Å². The molecule has 0 aromatic heterocycles. The maximum Gasteiger partial charge on any atom is 0.0914 e. The number of benzene rings is 1. The number of alkyl halides is 1. The Labute approximate surface area is 116 Å². The summed E-state index contributed by atoms with van der Waals surface area (Å²) < 4.78 is 6.91. The Kier molecular flexibility index (Phi) is 4.92. The molecule has 1 aliphatic rings. The summed E-state index contributed by atoms with van der Waals surface area (Å²) in [4.78, 5) is 0. The average Bonchev–Trinajstić information content (AvgIpc) is 3.10. The van der Waals surface area contributed by atoms with Gasteiger partial charge in [0.2, 0.25) is 0 Å². The smallest absolute Gasteiger partial charge is 0.0914 e. The molecule has 0 spiro atoms. The Bertz CT molecular complexity index is 321. The topological polar surface area (TPSA) is 9.23 Å². The molecule has 1 aromatic carbocycles. The van der Waals surface area contributed by atoms with Crippen molar-refractivity contribution in [1.82, 2.24) is 0 Å². The van der Waals surface area contributed by atoms with E-state index in [4.69, 9.17) is 16.3 Å². The maximum absolute atomic E-state index is 5.92. The van der Waals surface area contributed by atoms with Gasteiger partial charge in [-0.05, 0) is 30.0 Å². The van der Waals surface area contributed by atoms with Crippen molar-refractivity contribution < 1.29 is 4.74 Å². The molecule has 0 saturated heterocycles. The molecule has 0 radical (unpaired) electrons. The quantitative estimate of drug-likeness (QED) is 0.537. The lowest BCUT2D eigenvalue weighted by molar-refractivity contribution is 0.0665. The van der Waals surface area contributed by atoms with Gasteiger partial charge in [-0.15, -0.1) is 0 Å². The molecule has 88 valence electrons. The van der Waals surface area contributed by atoms with Gasteiger partial charge in [0.15, 0.2) is 0 Å². The molecule has 0 bridgehead atoms. The van der Waals surface area contributed by atoms with E-state index < -0.39 is 0 Å². The molecular weight excluding hydrogens is 334 g/mol. The predicted molar refractivity (Wildman–Crippen MR) is 76.4 cm³/mol. The van der Waals surface area contributed by atoms with Crippen molar-refractivity contribution >= 4 is 34.2 Å². The van der Waals surface area contributed by atoms with Crippen molar-refractivity contribution in [2.45, 2.75) is 25.4 Å². The van der Waals surface area contributed by atoms with Gasteiger partial charge in [0, 0.05) is 16.1 Å². The average molecular weight is 351 g/mol. The third-order valence-corrected chi connectivity index (χ3v) is 3.98. The lowest BCUT2D eigenvalue weighted by Crippen LogP contribution is -2.07. The third-order valence-electron chi connectivity index (χ3n) is 2.92. The van der Waals surface area contributed by atoms with Crippen LogP contribution in [0.2, 0.25) is 5.02 Å². The summed E-state index contributed by atoms with van der Waals surface area (Å²) in [5, 5.41) is 0.786. The van der Waals surface area contributed by atoms with E-state index in [1.165, 1.54) is 24.8 Å². The summed E-state index contributed by atoms with van der Waals surface area (Å²) in [7, 11) is 0. The SMILES string of the molecule is Clc1ccc(C(CI)OCCC2CC2)cc1. The summed E-state index contributed by atoms with van der Waals surface area (Å²) in [6.45, 7) is 0.890. The van der Waals surface area contributed by atoms with Gasteiger partial charge < -0.3 is 4.74 Å². The summed E-state index contributed by atoms with van der Waals surface area (Å²) in [5.74, 6) is 0.945. The molecule has 16 heavy (non-hydrogen) atoms. The van der Waals surface area contributed by atoms with Gasteiger partial charge in [-0.1, -0.05) is 59.2 Å². The Morgan fingerprint density at radius 1 is 1.31 bits per heavy atom. The Balaban J connectivity index is 1.84. The molecule has 1 atom stereocenters. The highest BCUT2D eigenvalue weighted by Gasteiger charge is 2.21. The third kappa shape index (κ3) is 3.90. The van der Waals surface area contributed by atoms with E-state index in [-0.39, 0.29) is 6.10 Å². The number of halogens is 2. The van der Waals surface area contributed by atoms with Crippen LogP contribution in [0.25, 0.3) is 0 Å². The highest BCUT2D eigenvalue weighted by Crippen LogP contribution is 2.33. The molecule has 0 amide bonds. The highest BCUT2D eigenvalue weighted by atomic mass is 127. The fraction of sp³-hybridized carbons (Fsp3) is 0.538. The van der Waals surface area contributed by atoms with Gasteiger partial charge in [-0.3, -0.25) is 0 Å². The van der Waals surface area contributed by atoms with Crippen molar-refractivity contribution in [2.24, 2.45) is 5.92 Å². The summed E-state index contributed by atoms with van der Waals surface area (Å²) in [6.07, 6.45) is 4.25. The van der Waals surface area contributed by atoms with Crippen molar-refractivity contribution in [3.63, 3.8) is 0 Å². The van der Waals surface area contributed by atoms with E-state index in [0.717, 1.165) is 22.0 Å². The van der Waals surface area contributed by atoms with Crippen LogP contribution in [0.15, 0.2) is 24.3 Å². The first-order valence-corrected chi connectivity index (χ1v) is 7.63. The van der Waals surface area contributed by atoms with Gasteiger partial charge in [0.25, 0.3) is 0 Å². The molecule has 0 N–H and O–H groups in total. The van der Waals surface area contributed by atoms with Gasteiger partial charge >= 0.3 is 0 Å². The largest absolute Gasteiger partial charge is 0.373 e. The molecule has 0 aliphatic heterocycles. The van der Waals surface area contributed by atoms with Crippen LogP contribution in [0, 0.1) is 5.92 Å². The second-order valence-electron chi connectivity index (χ2n) is 4.30. The molecule has 1 saturated carbocycles. The van der Waals surface area contributed by atoms with Crippen molar-refractivity contribution in [3.8, 4) is 0 Å². The first-order valence-electron chi connectivity index (χ1n) is 5.72. The Morgan fingerprint density at radius 3 is 2.56 bits per heavy atom. The van der Waals surface area contributed by atoms with Crippen molar-refractivity contribution in [1.29, 1.82) is 0 Å². The van der Waals surface area contributed by atoms with Gasteiger partial charge in [0.05, 0.1) is 6.10 Å². The fourth-order valence-electron chi connectivity index (χ4n) is 1.69. The van der Waals surface area contributed by atoms with Crippen molar-refractivity contribution in [3.05, 3.63) is 34.9 Å². The zero-order valence-corrected chi connectivity index (χ0v) is 12.1. The fourth-order valence-corrected chi connectivity index (χ4v) is 2.58. The standard InChI is InChI=1S/C13H16ClIO/c14-12-5-3-11(4-6-12)13(9-15)16-8-7-10-1-2-10/h3-6,10,13H,1-2,7-9H2. The minimum atomic E-state index is 0.219. The van der Waals surface area contributed by atoms with Crippen LogP contribution in [-0.4, -0.2) is 11.0 Å². The minimum absolute atomic E-state index is 0.219. The van der Waals surface area contributed by atoms with E-state index in [1.807, 2.05) is 12.1 Å². The second kappa shape index (κ2) is 6.22. The number of ether oxygens (including phenoxy) is 1. The lowest BCUT2D eigenvalue weighted by atomic mass is 10.1. The predicted octanol–water partition coefficient (Wildman–Crippen LogP) is 4.63. The molecule has 0 heterocycles. The minimum Gasteiger partial charge on any atom is -0.373 e. The van der Waals surface area contributed by atoms with E-state index in [1.54, 1.807) is 0 Å². The Morgan fingerprint density at radius 2 is 2.00 bits per heavy atom. The number of hydrogen-bond acceptors (Lipinski definition) is 1. The zero-order chi connectivity index (χ0) is 11.4. The van der Waals surface area contributed by atoms with Crippen molar-refractivity contribution in [2.75, 3.05) is 11.0 Å². The molecule has 1 aliphatic carbocycles. The first-order chi connectivity index (χ1) is 7.79. The van der Waals surface area contributed by atoms with Crippen LogP contribution in [-0.2, 0) is 4.74 Å². The summed E-state index contributed by atoms with van der Waals surface area (Å²) in [5.41, 5.74) is 1.23. The summed E-state index contributed by atoms with van der Waals surface area (Å²) in [6, 6.07) is 7.98. The van der Waals surface area contributed by atoms with Crippen LogP contribution in [0.4, 0.5) is 0 Å². The molecule has 2 rings (SSSR count). The lowest BCUT2D eigenvalue weighted by Gasteiger charge is -2.15. The Hall–Kier alpha value is 0.200. The highest BCUT2D eigenvalue weighted by molar-refractivity contribution is 14.1. The van der Waals surface area contributed by atoms with Crippen LogP contribution < -0.4 is 0 Å². The van der Waals surface area contributed by atoms with E-state index in [0.29, 0.717) is 0 Å². The molecule has 1 unspecified atom stereocenters. The summed E-state index contributed by atoms with van der Waals surface area (Å²) >= 11 is 8.25. The van der Waals surface area contributed by atoms with Crippen LogP contribution in [0.1, 0.15) is 30.9 Å². The molecular formula is C13H16ClIO. The van der Waals surface area contributed by atoms with Gasteiger partial charge in [0.1, 0.15) is 0 Å². The molecule has 1 nitrogen and oxygen atoms in total. The maximum atomic E-state index is 5.92.